The minimum atomic E-state index is -0.447. The molecule has 0 aliphatic carbocycles. The van der Waals surface area contributed by atoms with E-state index in [1.807, 2.05) is 6.07 Å². The summed E-state index contributed by atoms with van der Waals surface area (Å²) in [5.74, 6) is 2.25. The van der Waals surface area contributed by atoms with E-state index in [-0.39, 0.29) is 12.5 Å². The molecule has 0 atom stereocenters. The highest BCUT2D eigenvalue weighted by molar-refractivity contribution is 6.35. The van der Waals surface area contributed by atoms with Crippen molar-refractivity contribution in [3.8, 4) is 23.0 Å². The van der Waals surface area contributed by atoms with Gasteiger partial charge in [-0.25, -0.2) is 4.79 Å². The Morgan fingerprint density at radius 3 is 2.60 bits per heavy atom. The third-order valence-electron chi connectivity index (χ3n) is 3.36. The van der Waals surface area contributed by atoms with Crippen LogP contribution in [-0.4, -0.2) is 25.1 Å². The molecule has 7 nitrogen and oxygen atoms in total. The van der Waals surface area contributed by atoms with Gasteiger partial charge < -0.3 is 18.9 Å². The number of carbonyl (C=O) groups excluding carboxylic acids is 1. The predicted molar refractivity (Wildman–Crippen MR) is 92.4 cm³/mol. The van der Waals surface area contributed by atoms with Crippen molar-refractivity contribution in [2.24, 2.45) is 5.10 Å². The second-order valence-electron chi connectivity index (χ2n) is 5.17. The number of carbonyl (C=O) groups is 1. The summed E-state index contributed by atoms with van der Waals surface area (Å²) in [6.45, 7) is 3.88. The summed E-state index contributed by atoms with van der Waals surface area (Å²) < 4.78 is 21.2. The number of hydrogen-bond acceptors (Lipinski definition) is 7. The molecular formula is C18H18N2O5. The molecule has 0 fully saturated rings. The van der Waals surface area contributed by atoms with Crippen molar-refractivity contribution in [1.29, 1.82) is 0 Å². The Balaban J connectivity index is 1.60. The van der Waals surface area contributed by atoms with Crippen LogP contribution in [-0.2, 0) is 9.53 Å². The van der Waals surface area contributed by atoms with E-state index in [0.29, 0.717) is 29.6 Å². The first-order chi connectivity index (χ1) is 12.2. The van der Waals surface area contributed by atoms with Crippen molar-refractivity contribution in [2.45, 2.75) is 13.8 Å². The van der Waals surface area contributed by atoms with E-state index < -0.39 is 5.97 Å². The van der Waals surface area contributed by atoms with Gasteiger partial charge in [0, 0.05) is 6.07 Å². The van der Waals surface area contributed by atoms with Crippen LogP contribution in [0.15, 0.2) is 47.6 Å². The largest absolute Gasteiger partial charge is 0.461 e. The van der Waals surface area contributed by atoms with Gasteiger partial charge in [-0.05, 0) is 50.2 Å². The second kappa shape index (κ2) is 7.57. The lowest BCUT2D eigenvalue weighted by Gasteiger charge is -2.08. The molecule has 1 heterocycles. The molecule has 25 heavy (non-hydrogen) atoms. The summed E-state index contributed by atoms with van der Waals surface area (Å²) in [6, 6.07) is 12.6. The summed E-state index contributed by atoms with van der Waals surface area (Å²) in [4.78, 5) is 11.5. The van der Waals surface area contributed by atoms with Crippen molar-refractivity contribution < 1.29 is 23.7 Å². The Hall–Kier alpha value is -3.22. The van der Waals surface area contributed by atoms with E-state index in [1.54, 1.807) is 50.2 Å². The van der Waals surface area contributed by atoms with Gasteiger partial charge in [-0.3, -0.25) is 5.43 Å². The Bertz CT molecular complexity index is 787. The molecule has 2 aromatic carbocycles. The lowest BCUT2D eigenvalue weighted by molar-refractivity contribution is -0.135. The first-order valence-corrected chi connectivity index (χ1v) is 7.80. The van der Waals surface area contributed by atoms with E-state index in [2.05, 4.69) is 10.5 Å². The molecule has 2 aromatic rings. The van der Waals surface area contributed by atoms with E-state index in [1.165, 1.54) is 0 Å². The van der Waals surface area contributed by atoms with Crippen LogP contribution in [0.4, 0.5) is 5.69 Å². The van der Waals surface area contributed by atoms with E-state index in [0.717, 1.165) is 5.69 Å². The van der Waals surface area contributed by atoms with E-state index in [9.17, 15) is 4.79 Å². The molecule has 3 rings (SSSR count). The molecule has 0 amide bonds. The molecule has 0 radical (unpaired) electrons. The number of anilines is 1. The Morgan fingerprint density at radius 2 is 1.84 bits per heavy atom. The van der Waals surface area contributed by atoms with Crippen LogP contribution in [0, 0.1) is 0 Å². The topological polar surface area (TPSA) is 78.4 Å². The maximum Gasteiger partial charge on any atom is 0.354 e. The third kappa shape index (κ3) is 4.20. The van der Waals surface area contributed by atoms with Crippen molar-refractivity contribution in [2.75, 3.05) is 18.8 Å². The highest BCUT2D eigenvalue weighted by Crippen LogP contribution is 2.36. The number of fused-ring (bicyclic) bond motifs is 1. The fourth-order valence-electron chi connectivity index (χ4n) is 2.10. The zero-order valence-electron chi connectivity index (χ0n) is 13.9. The number of nitrogens with zero attached hydrogens (tertiary/aromatic N) is 1. The fourth-order valence-corrected chi connectivity index (χ4v) is 2.10. The first-order valence-electron chi connectivity index (χ1n) is 7.80. The summed E-state index contributed by atoms with van der Waals surface area (Å²) >= 11 is 0. The smallest absolute Gasteiger partial charge is 0.354 e. The Labute approximate surface area is 145 Å². The Morgan fingerprint density at radius 1 is 1.12 bits per heavy atom. The van der Waals surface area contributed by atoms with Crippen LogP contribution in [0.5, 0.6) is 23.0 Å². The van der Waals surface area contributed by atoms with Crippen LogP contribution >= 0.6 is 0 Å². The predicted octanol–water partition coefficient (Wildman–Crippen LogP) is 3.56. The molecule has 1 N–H and O–H groups in total. The molecule has 0 saturated carbocycles. The van der Waals surface area contributed by atoms with Gasteiger partial charge in [-0.1, -0.05) is 0 Å². The molecule has 0 saturated heterocycles. The normalized spacial score (nSPS) is 12.6. The standard InChI is InChI=1S/C18H18N2O5/c1-3-22-18(21)12(2)19-20-13-4-6-14(7-5-13)25-15-8-9-16-17(10-15)24-11-23-16/h4-10,20H,3,11H2,1-2H3/b19-12-. The number of hydrazone groups is 1. The SMILES string of the molecule is CCOC(=O)/C(C)=N\Nc1ccc(Oc2ccc3c(c2)OCO3)cc1. The van der Waals surface area contributed by atoms with Gasteiger partial charge in [0.05, 0.1) is 12.3 Å². The minimum Gasteiger partial charge on any atom is -0.461 e. The molecule has 0 unspecified atom stereocenters. The van der Waals surface area contributed by atoms with Gasteiger partial charge in [0.15, 0.2) is 11.5 Å². The zero-order chi connectivity index (χ0) is 17.6. The maximum absolute atomic E-state index is 11.5. The summed E-state index contributed by atoms with van der Waals surface area (Å²) in [5, 5.41) is 3.99. The van der Waals surface area contributed by atoms with Crippen molar-refractivity contribution in [3.05, 3.63) is 42.5 Å². The quantitative estimate of drug-likeness (QED) is 0.491. The highest BCUT2D eigenvalue weighted by Gasteiger charge is 2.14. The summed E-state index contributed by atoms with van der Waals surface area (Å²) in [6.07, 6.45) is 0. The van der Waals surface area contributed by atoms with Gasteiger partial charge in [0.2, 0.25) is 6.79 Å². The number of esters is 1. The molecule has 1 aliphatic rings. The minimum absolute atomic E-state index is 0.227. The van der Waals surface area contributed by atoms with Gasteiger partial charge >= 0.3 is 5.97 Å². The molecule has 0 aromatic heterocycles. The van der Waals surface area contributed by atoms with Crippen LogP contribution in [0.2, 0.25) is 0 Å². The van der Waals surface area contributed by atoms with Crippen LogP contribution < -0.4 is 19.6 Å². The molecular weight excluding hydrogens is 324 g/mol. The average Bonchev–Trinajstić information content (AvgIpc) is 3.09. The number of ether oxygens (including phenoxy) is 4. The molecule has 1 aliphatic heterocycles. The van der Waals surface area contributed by atoms with Gasteiger partial charge in [-0.15, -0.1) is 0 Å². The summed E-state index contributed by atoms with van der Waals surface area (Å²) in [7, 11) is 0. The maximum atomic E-state index is 11.5. The van der Waals surface area contributed by atoms with Gasteiger partial charge in [-0.2, -0.15) is 5.10 Å². The monoisotopic (exact) mass is 342 g/mol. The lowest BCUT2D eigenvalue weighted by Crippen LogP contribution is -2.15. The van der Waals surface area contributed by atoms with Crippen LogP contribution in [0.1, 0.15) is 13.8 Å². The first kappa shape index (κ1) is 16.6. The van der Waals surface area contributed by atoms with Crippen molar-refractivity contribution in [1.82, 2.24) is 0 Å². The van der Waals surface area contributed by atoms with Gasteiger partial charge in [0.1, 0.15) is 17.2 Å². The van der Waals surface area contributed by atoms with E-state index >= 15 is 0 Å². The average molecular weight is 342 g/mol. The Kier molecular flexibility index (Phi) is 5.03. The molecule has 7 heteroatoms. The van der Waals surface area contributed by atoms with Crippen molar-refractivity contribution >= 4 is 17.4 Å². The molecule has 0 bridgehead atoms. The number of benzene rings is 2. The third-order valence-corrected chi connectivity index (χ3v) is 3.36. The number of rotatable bonds is 6. The highest BCUT2D eigenvalue weighted by atomic mass is 16.7. The van der Waals surface area contributed by atoms with E-state index in [4.69, 9.17) is 18.9 Å². The van der Waals surface area contributed by atoms with Crippen LogP contribution in [0.25, 0.3) is 0 Å². The zero-order valence-corrected chi connectivity index (χ0v) is 13.9. The fraction of sp³-hybridized carbons (Fsp3) is 0.222. The summed E-state index contributed by atoms with van der Waals surface area (Å²) in [5.41, 5.74) is 3.78. The molecule has 130 valence electrons. The number of nitrogens with one attached hydrogen (secondary N) is 1. The van der Waals surface area contributed by atoms with Crippen molar-refractivity contribution in [3.63, 3.8) is 0 Å². The lowest BCUT2D eigenvalue weighted by atomic mass is 10.3. The molecule has 0 spiro atoms. The second-order valence-corrected chi connectivity index (χ2v) is 5.17. The van der Waals surface area contributed by atoms with Crippen LogP contribution in [0.3, 0.4) is 0 Å². The number of hydrogen-bond donors (Lipinski definition) is 1. The van der Waals surface area contributed by atoms with Gasteiger partial charge in [0.25, 0.3) is 0 Å².